The smallest absolute Gasteiger partial charge is 0.312 e. The molecule has 4 nitrogen and oxygen atoms in total. The molecule has 0 N–H and O–H groups in total. The van der Waals surface area contributed by atoms with Gasteiger partial charge in [0.25, 0.3) is 0 Å². The van der Waals surface area contributed by atoms with Crippen molar-refractivity contribution in [2.45, 2.75) is 13.3 Å². The Labute approximate surface area is 136 Å². The number of fused-ring (bicyclic) bond motifs is 1. The van der Waals surface area contributed by atoms with Crippen LogP contribution in [0.2, 0.25) is 0 Å². The molecule has 120 valence electrons. The summed E-state index contributed by atoms with van der Waals surface area (Å²) in [4.78, 5) is 12.1. The van der Waals surface area contributed by atoms with E-state index in [4.69, 9.17) is 14.2 Å². The molecule has 2 aromatic rings. The van der Waals surface area contributed by atoms with Crippen molar-refractivity contribution in [2.75, 3.05) is 19.8 Å². The van der Waals surface area contributed by atoms with Gasteiger partial charge in [-0.15, -0.1) is 0 Å². The zero-order valence-electron chi connectivity index (χ0n) is 13.2. The second kappa shape index (κ2) is 7.18. The molecule has 2 aromatic carbocycles. The monoisotopic (exact) mass is 312 g/mol. The summed E-state index contributed by atoms with van der Waals surface area (Å²) >= 11 is 0. The van der Waals surface area contributed by atoms with Crippen LogP contribution < -0.4 is 9.47 Å². The summed E-state index contributed by atoms with van der Waals surface area (Å²) < 4.78 is 16.5. The van der Waals surface area contributed by atoms with E-state index >= 15 is 0 Å². The van der Waals surface area contributed by atoms with Gasteiger partial charge < -0.3 is 14.2 Å². The summed E-state index contributed by atoms with van der Waals surface area (Å²) in [6.07, 6.45) is 0.661. The second-order valence-corrected chi connectivity index (χ2v) is 5.65. The first-order valence-corrected chi connectivity index (χ1v) is 7.79. The van der Waals surface area contributed by atoms with Crippen molar-refractivity contribution in [3.05, 3.63) is 59.7 Å². The van der Waals surface area contributed by atoms with E-state index in [9.17, 15) is 4.79 Å². The minimum absolute atomic E-state index is 0.230. The number of esters is 1. The maximum absolute atomic E-state index is 12.1. The molecule has 4 heteroatoms. The van der Waals surface area contributed by atoms with Crippen LogP contribution in [0, 0.1) is 12.8 Å². The normalized spacial score (nSPS) is 16.1. The highest BCUT2D eigenvalue weighted by Crippen LogP contribution is 2.27. The fraction of sp³-hybridized carbons (Fsp3) is 0.316. The van der Waals surface area contributed by atoms with Crippen LogP contribution >= 0.6 is 0 Å². The molecule has 1 aliphatic rings. The molecule has 0 bridgehead atoms. The van der Waals surface area contributed by atoms with Crippen LogP contribution in [0.15, 0.2) is 48.5 Å². The van der Waals surface area contributed by atoms with Crippen molar-refractivity contribution in [3.8, 4) is 11.5 Å². The molecule has 0 radical (unpaired) electrons. The average Bonchev–Trinajstić information content (AvgIpc) is 2.59. The van der Waals surface area contributed by atoms with Crippen LogP contribution in [0.25, 0.3) is 0 Å². The van der Waals surface area contributed by atoms with E-state index in [0.29, 0.717) is 19.6 Å². The fourth-order valence-electron chi connectivity index (χ4n) is 2.53. The van der Waals surface area contributed by atoms with Crippen LogP contribution in [-0.2, 0) is 16.0 Å². The Kier molecular flexibility index (Phi) is 4.81. The van der Waals surface area contributed by atoms with Crippen molar-refractivity contribution < 1.29 is 19.0 Å². The number of rotatable bonds is 5. The molecule has 0 saturated heterocycles. The summed E-state index contributed by atoms with van der Waals surface area (Å²) in [7, 11) is 0. The van der Waals surface area contributed by atoms with Gasteiger partial charge in [0.15, 0.2) is 0 Å². The first kappa shape index (κ1) is 15.4. The largest absolute Gasteiger partial charge is 0.492 e. The number of carbonyl (C=O) groups is 1. The third-order valence-corrected chi connectivity index (χ3v) is 3.83. The van der Waals surface area contributed by atoms with E-state index in [-0.39, 0.29) is 18.5 Å². The summed E-state index contributed by atoms with van der Waals surface area (Å²) in [6.45, 7) is 2.98. The molecule has 0 spiro atoms. The lowest BCUT2D eigenvalue weighted by Crippen LogP contribution is -2.30. The van der Waals surface area contributed by atoms with Gasteiger partial charge in [-0.2, -0.15) is 0 Å². The lowest BCUT2D eigenvalue weighted by Gasteiger charge is -2.23. The van der Waals surface area contributed by atoms with Crippen molar-refractivity contribution in [1.82, 2.24) is 0 Å². The number of carbonyl (C=O) groups excluding carboxylic acids is 1. The van der Waals surface area contributed by atoms with Crippen molar-refractivity contribution in [2.24, 2.45) is 5.92 Å². The molecule has 1 atom stereocenters. The third kappa shape index (κ3) is 4.03. The van der Waals surface area contributed by atoms with Crippen LogP contribution in [0.1, 0.15) is 11.1 Å². The summed E-state index contributed by atoms with van der Waals surface area (Å²) in [6, 6.07) is 15.6. The molecule has 1 heterocycles. The SMILES string of the molecule is Cc1ccc(OCCOC(=O)C2COc3ccccc3C2)cc1. The van der Waals surface area contributed by atoms with Gasteiger partial charge in [-0.25, -0.2) is 0 Å². The number of ether oxygens (including phenoxy) is 3. The summed E-state index contributed by atoms with van der Waals surface area (Å²) in [5, 5.41) is 0. The standard InChI is InChI=1S/C19H20O4/c1-14-6-8-17(9-7-14)21-10-11-22-19(20)16-12-15-4-2-3-5-18(15)23-13-16/h2-9,16H,10-13H2,1H3. The summed E-state index contributed by atoms with van der Waals surface area (Å²) in [5.41, 5.74) is 2.23. The van der Waals surface area contributed by atoms with E-state index < -0.39 is 0 Å². The predicted octanol–water partition coefficient (Wildman–Crippen LogP) is 3.17. The molecule has 0 amide bonds. The van der Waals surface area contributed by atoms with Crippen LogP contribution in [0.5, 0.6) is 11.5 Å². The van der Waals surface area contributed by atoms with Gasteiger partial charge >= 0.3 is 5.97 Å². The van der Waals surface area contributed by atoms with Crippen LogP contribution in [0.3, 0.4) is 0 Å². The Balaban J connectivity index is 1.42. The van der Waals surface area contributed by atoms with Crippen molar-refractivity contribution >= 4 is 5.97 Å². The first-order chi connectivity index (χ1) is 11.2. The molecule has 1 aliphatic heterocycles. The number of hydrogen-bond acceptors (Lipinski definition) is 4. The van der Waals surface area contributed by atoms with Gasteiger partial charge in [0.2, 0.25) is 0 Å². The van der Waals surface area contributed by atoms with Crippen molar-refractivity contribution in [1.29, 1.82) is 0 Å². The lowest BCUT2D eigenvalue weighted by molar-refractivity contribution is -0.150. The van der Waals surface area contributed by atoms with E-state index in [2.05, 4.69) is 0 Å². The van der Waals surface area contributed by atoms with Crippen molar-refractivity contribution in [3.63, 3.8) is 0 Å². The molecule has 0 fully saturated rings. The molecule has 1 unspecified atom stereocenters. The molecule has 0 aliphatic carbocycles. The van der Waals surface area contributed by atoms with Crippen LogP contribution in [-0.4, -0.2) is 25.8 Å². The Morgan fingerprint density at radius 1 is 1.13 bits per heavy atom. The van der Waals surface area contributed by atoms with E-state index in [1.165, 1.54) is 5.56 Å². The summed E-state index contributed by atoms with van der Waals surface area (Å²) in [5.74, 6) is 1.16. The quantitative estimate of drug-likeness (QED) is 0.628. The van der Waals surface area contributed by atoms with Gasteiger partial charge in [0.05, 0.1) is 5.92 Å². The third-order valence-electron chi connectivity index (χ3n) is 3.83. The number of para-hydroxylation sites is 1. The molecule has 0 aromatic heterocycles. The molecular formula is C19H20O4. The van der Waals surface area contributed by atoms with Gasteiger partial charge in [-0.3, -0.25) is 4.79 Å². The number of hydrogen-bond donors (Lipinski definition) is 0. The second-order valence-electron chi connectivity index (χ2n) is 5.65. The highest BCUT2D eigenvalue weighted by atomic mass is 16.6. The minimum atomic E-state index is -0.246. The minimum Gasteiger partial charge on any atom is -0.492 e. The molecule has 3 rings (SSSR count). The van der Waals surface area contributed by atoms with Gasteiger partial charge in [-0.05, 0) is 37.1 Å². The maximum atomic E-state index is 12.1. The maximum Gasteiger partial charge on any atom is 0.312 e. The Morgan fingerprint density at radius 3 is 2.74 bits per heavy atom. The molecule has 0 saturated carbocycles. The van der Waals surface area contributed by atoms with Gasteiger partial charge in [-0.1, -0.05) is 35.9 Å². The molecular weight excluding hydrogens is 292 g/mol. The topological polar surface area (TPSA) is 44.8 Å². The zero-order chi connectivity index (χ0) is 16.1. The molecule has 23 heavy (non-hydrogen) atoms. The van der Waals surface area contributed by atoms with Gasteiger partial charge in [0, 0.05) is 0 Å². The zero-order valence-corrected chi connectivity index (χ0v) is 13.2. The Bertz CT molecular complexity index is 663. The van der Waals surface area contributed by atoms with Crippen LogP contribution in [0.4, 0.5) is 0 Å². The fourth-order valence-corrected chi connectivity index (χ4v) is 2.53. The number of aryl methyl sites for hydroxylation is 1. The Morgan fingerprint density at radius 2 is 1.91 bits per heavy atom. The highest BCUT2D eigenvalue weighted by Gasteiger charge is 2.26. The lowest BCUT2D eigenvalue weighted by atomic mass is 9.97. The predicted molar refractivity (Wildman–Crippen MR) is 86.8 cm³/mol. The van der Waals surface area contributed by atoms with Gasteiger partial charge in [0.1, 0.15) is 31.3 Å². The highest BCUT2D eigenvalue weighted by molar-refractivity contribution is 5.73. The van der Waals surface area contributed by atoms with E-state index in [0.717, 1.165) is 17.1 Å². The van der Waals surface area contributed by atoms with E-state index in [1.54, 1.807) is 0 Å². The van der Waals surface area contributed by atoms with E-state index in [1.807, 2.05) is 55.5 Å². The Hall–Kier alpha value is -2.49. The number of benzene rings is 2. The first-order valence-electron chi connectivity index (χ1n) is 7.79. The average molecular weight is 312 g/mol.